The molecule has 0 radical (unpaired) electrons. The van der Waals surface area contributed by atoms with Crippen molar-refractivity contribution in [3.05, 3.63) is 47.5 Å². The van der Waals surface area contributed by atoms with E-state index in [-0.39, 0.29) is 48.4 Å². The number of sulfone groups is 1. The van der Waals surface area contributed by atoms with Gasteiger partial charge in [-0.25, -0.2) is 18.4 Å². The minimum absolute atomic E-state index is 0.0395. The Morgan fingerprint density at radius 2 is 1.70 bits per heavy atom. The van der Waals surface area contributed by atoms with E-state index in [0.29, 0.717) is 5.56 Å². The average molecular weight is 489 g/mol. The van der Waals surface area contributed by atoms with Crippen molar-refractivity contribution in [3.8, 4) is 0 Å². The van der Waals surface area contributed by atoms with E-state index in [2.05, 4.69) is 20.6 Å². The highest BCUT2D eigenvalue weighted by Crippen LogP contribution is 2.43. The number of nitrogens with zero attached hydrogens (tertiary/aromatic N) is 2. The molecule has 180 valence electrons. The van der Waals surface area contributed by atoms with Gasteiger partial charge >= 0.3 is 6.18 Å². The second-order valence-electron chi connectivity index (χ2n) is 8.69. The van der Waals surface area contributed by atoms with Gasteiger partial charge in [0.15, 0.2) is 21.5 Å². The molecule has 0 spiro atoms. The zero-order chi connectivity index (χ0) is 23.9. The molecule has 0 amide bonds. The van der Waals surface area contributed by atoms with Crippen LogP contribution >= 0.6 is 0 Å². The van der Waals surface area contributed by atoms with Crippen LogP contribution in [0.2, 0.25) is 0 Å². The quantitative estimate of drug-likeness (QED) is 0.512. The lowest BCUT2D eigenvalue weighted by molar-refractivity contribution is -0.137. The maximum Gasteiger partial charge on any atom is 0.416 e. The summed E-state index contributed by atoms with van der Waals surface area (Å²) in [6.45, 7) is -0.0825. The number of aromatic nitrogens is 2. The molecule has 2 heterocycles. The monoisotopic (exact) mass is 488 g/mol. The van der Waals surface area contributed by atoms with Gasteiger partial charge < -0.3 is 15.7 Å². The standard InChI is InChI=1S/C21H24F4N4O3S/c22-16-18(26-11-20(30)7-9-33(31,32)10-8-20)27-12-28-19(16)29-17(13-1-2-13)14-3-5-15(6-4-14)21(23,24)25/h3-6,12-13,17,30H,1-2,7-11H2,(H2,26,27,28,29). The Morgan fingerprint density at radius 3 is 2.27 bits per heavy atom. The third-order valence-corrected chi connectivity index (χ3v) is 7.77. The molecule has 1 aromatic heterocycles. The first-order valence-corrected chi connectivity index (χ1v) is 12.4. The van der Waals surface area contributed by atoms with Crippen molar-refractivity contribution in [1.29, 1.82) is 0 Å². The Hall–Kier alpha value is -2.47. The molecular weight excluding hydrogens is 464 g/mol. The van der Waals surface area contributed by atoms with Crippen molar-refractivity contribution in [2.24, 2.45) is 5.92 Å². The summed E-state index contributed by atoms with van der Waals surface area (Å²) in [6.07, 6.45) is -1.51. The Balaban J connectivity index is 1.47. The first-order valence-electron chi connectivity index (χ1n) is 10.6. The number of nitrogens with one attached hydrogen (secondary N) is 2. The number of rotatable bonds is 7. The number of anilines is 2. The number of benzene rings is 1. The molecule has 2 aromatic rings. The molecule has 2 aliphatic rings. The van der Waals surface area contributed by atoms with Crippen molar-refractivity contribution in [2.45, 2.75) is 43.5 Å². The van der Waals surface area contributed by atoms with E-state index < -0.39 is 39.0 Å². The zero-order valence-electron chi connectivity index (χ0n) is 17.6. The fraction of sp³-hybridized carbons (Fsp3) is 0.524. The highest BCUT2D eigenvalue weighted by atomic mass is 32.2. The molecule has 33 heavy (non-hydrogen) atoms. The molecule has 1 unspecified atom stereocenters. The second-order valence-corrected chi connectivity index (χ2v) is 11.0. The smallest absolute Gasteiger partial charge is 0.388 e. The van der Waals surface area contributed by atoms with Gasteiger partial charge in [0.05, 0.1) is 28.7 Å². The number of aliphatic hydroxyl groups is 1. The van der Waals surface area contributed by atoms with E-state index in [1.54, 1.807) is 0 Å². The molecule has 1 aliphatic heterocycles. The lowest BCUT2D eigenvalue weighted by atomic mass is 9.97. The van der Waals surface area contributed by atoms with Gasteiger partial charge in [0.2, 0.25) is 5.82 Å². The Labute approximate surface area is 188 Å². The summed E-state index contributed by atoms with van der Waals surface area (Å²) < 4.78 is 76.9. The van der Waals surface area contributed by atoms with Crippen LogP contribution in [-0.4, -0.2) is 47.1 Å². The Kier molecular flexibility index (Phi) is 6.25. The van der Waals surface area contributed by atoms with E-state index in [0.717, 1.165) is 31.3 Å². The fourth-order valence-corrected chi connectivity index (χ4v) is 5.45. The SMILES string of the molecule is O=S1(=O)CCC(O)(CNc2ncnc(NC(c3ccc(C(F)(F)F)cc3)C3CC3)c2F)CC1. The number of hydrogen-bond donors (Lipinski definition) is 3. The van der Waals surface area contributed by atoms with Crippen LogP contribution in [0.3, 0.4) is 0 Å². The maximum absolute atomic E-state index is 15.1. The number of alkyl halides is 3. The summed E-state index contributed by atoms with van der Waals surface area (Å²) in [4.78, 5) is 7.81. The molecule has 1 saturated carbocycles. The summed E-state index contributed by atoms with van der Waals surface area (Å²) >= 11 is 0. The third kappa shape index (κ3) is 5.72. The van der Waals surface area contributed by atoms with Crippen LogP contribution in [-0.2, 0) is 16.0 Å². The molecule has 2 fully saturated rings. The van der Waals surface area contributed by atoms with Crippen LogP contribution in [0.4, 0.5) is 29.2 Å². The van der Waals surface area contributed by atoms with E-state index in [4.69, 9.17) is 0 Å². The first-order chi connectivity index (χ1) is 15.5. The molecule has 4 rings (SSSR count). The maximum atomic E-state index is 15.1. The van der Waals surface area contributed by atoms with E-state index >= 15 is 4.39 Å². The largest absolute Gasteiger partial charge is 0.416 e. The Morgan fingerprint density at radius 1 is 1.09 bits per heavy atom. The number of hydrogen-bond acceptors (Lipinski definition) is 7. The van der Waals surface area contributed by atoms with Gasteiger partial charge in [-0.3, -0.25) is 0 Å². The molecule has 7 nitrogen and oxygen atoms in total. The summed E-state index contributed by atoms with van der Waals surface area (Å²) in [6, 6.07) is 4.34. The Bertz CT molecular complexity index is 1090. The molecule has 1 saturated heterocycles. The topological polar surface area (TPSA) is 104 Å². The third-order valence-electron chi connectivity index (χ3n) is 6.11. The van der Waals surface area contributed by atoms with Crippen LogP contribution in [0, 0.1) is 11.7 Å². The van der Waals surface area contributed by atoms with Crippen LogP contribution in [0.15, 0.2) is 30.6 Å². The molecule has 1 aliphatic carbocycles. The van der Waals surface area contributed by atoms with Gasteiger partial charge in [-0.1, -0.05) is 12.1 Å². The minimum atomic E-state index is -4.44. The fourth-order valence-electron chi connectivity index (χ4n) is 3.87. The van der Waals surface area contributed by atoms with Gasteiger partial charge in [0, 0.05) is 6.54 Å². The molecule has 1 atom stereocenters. The predicted octanol–water partition coefficient (Wildman–Crippen LogP) is 3.55. The van der Waals surface area contributed by atoms with Crippen molar-refractivity contribution in [1.82, 2.24) is 9.97 Å². The van der Waals surface area contributed by atoms with Gasteiger partial charge in [-0.05, 0) is 49.3 Å². The van der Waals surface area contributed by atoms with Gasteiger partial charge in [-0.15, -0.1) is 0 Å². The molecule has 0 bridgehead atoms. The van der Waals surface area contributed by atoms with Crippen molar-refractivity contribution in [3.63, 3.8) is 0 Å². The lowest BCUT2D eigenvalue weighted by Crippen LogP contribution is -2.44. The summed E-state index contributed by atoms with van der Waals surface area (Å²) in [5, 5.41) is 16.3. The van der Waals surface area contributed by atoms with Gasteiger partial charge in [0.25, 0.3) is 0 Å². The number of halogens is 4. The van der Waals surface area contributed by atoms with Crippen molar-refractivity contribution in [2.75, 3.05) is 28.7 Å². The highest BCUT2D eigenvalue weighted by molar-refractivity contribution is 7.91. The van der Waals surface area contributed by atoms with E-state index in [9.17, 15) is 26.7 Å². The first kappa shape index (κ1) is 23.7. The normalized spacial score (nSPS) is 20.8. The minimum Gasteiger partial charge on any atom is -0.388 e. The van der Waals surface area contributed by atoms with E-state index in [1.165, 1.54) is 12.1 Å². The average Bonchev–Trinajstić information content (AvgIpc) is 3.59. The van der Waals surface area contributed by atoms with Crippen LogP contribution in [0.25, 0.3) is 0 Å². The van der Waals surface area contributed by atoms with E-state index in [1.807, 2.05) is 0 Å². The molecular formula is C21H24F4N4O3S. The lowest BCUT2D eigenvalue weighted by Gasteiger charge is -2.32. The van der Waals surface area contributed by atoms with Gasteiger partial charge in [0.1, 0.15) is 6.33 Å². The summed E-state index contributed by atoms with van der Waals surface area (Å²) in [7, 11) is -3.16. The predicted molar refractivity (Wildman–Crippen MR) is 114 cm³/mol. The molecule has 12 heteroatoms. The van der Waals surface area contributed by atoms with Crippen molar-refractivity contribution >= 4 is 21.5 Å². The molecule has 1 aromatic carbocycles. The van der Waals surface area contributed by atoms with Crippen molar-refractivity contribution < 1.29 is 31.1 Å². The van der Waals surface area contributed by atoms with Crippen LogP contribution < -0.4 is 10.6 Å². The highest BCUT2D eigenvalue weighted by Gasteiger charge is 2.37. The van der Waals surface area contributed by atoms with Gasteiger partial charge in [-0.2, -0.15) is 17.6 Å². The molecule has 3 N–H and O–H groups in total. The summed E-state index contributed by atoms with van der Waals surface area (Å²) in [5.41, 5.74) is -1.46. The summed E-state index contributed by atoms with van der Waals surface area (Å²) in [5.74, 6) is -1.20. The van der Waals surface area contributed by atoms with Crippen LogP contribution in [0.5, 0.6) is 0 Å². The van der Waals surface area contributed by atoms with Crippen LogP contribution in [0.1, 0.15) is 42.9 Å². The second kappa shape index (κ2) is 8.71. The zero-order valence-corrected chi connectivity index (χ0v) is 18.4.